The molecule has 0 aromatic rings. The Labute approximate surface area is 68.6 Å². The zero-order valence-electron chi connectivity index (χ0n) is 7.54. The monoisotopic (exact) mass is 158 g/mol. The van der Waals surface area contributed by atoms with Crippen molar-refractivity contribution in [1.29, 1.82) is 0 Å². The lowest BCUT2D eigenvalue weighted by atomic mass is 10.0. The molecule has 0 aliphatic heterocycles. The van der Waals surface area contributed by atoms with Gasteiger partial charge in [-0.05, 0) is 26.2 Å². The number of hydrogen-bond acceptors (Lipinski definition) is 2. The van der Waals surface area contributed by atoms with Crippen LogP contribution in [0.1, 0.15) is 27.2 Å². The molecular formula is C9H18O2. The third-order valence-corrected chi connectivity index (χ3v) is 1.48. The average Bonchev–Trinajstić information content (AvgIpc) is 1.85. The zero-order chi connectivity index (χ0) is 8.85. The third-order valence-electron chi connectivity index (χ3n) is 1.48. The fourth-order valence-corrected chi connectivity index (χ4v) is 0.940. The quantitative estimate of drug-likeness (QED) is 0.606. The minimum absolute atomic E-state index is 0.146. The Balaban J connectivity index is 3.69. The van der Waals surface area contributed by atoms with Crippen LogP contribution in [0.2, 0.25) is 0 Å². The largest absolute Gasteiger partial charge is 0.396 e. The lowest BCUT2D eigenvalue weighted by Gasteiger charge is -2.10. The van der Waals surface area contributed by atoms with Gasteiger partial charge in [-0.2, -0.15) is 0 Å². The molecule has 0 spiro atoms. The second-order valence-electron chi connectivity index (χ2n) is 3.33. The number of allylic oxidation sites excluding steroid dienone is 1. The van der Waals surface area contributed by atoms with Crippen LogP contribution in [-0.4, -0.2) is 22.9 Å². The molecule has 0 heterocycles. The first-order valence-electron chi connectivity index (χ1n) is 4.00. The SMILES string of the molecule is CC(C)=CC(O)CC(C)CO. The Hall–Kier alpha value is -0.340. The molecule has 0 amide bonds. The molecule has 2 nitrogen and oxygen atoms in total. The Morgan fingerprint density at radius 2 is 2.00 bits per heavy atom. The van der Waals surface area contributed by atoms with Crippen molar-refractivity contribution in [3.05, 3.63) is 11.6 Å². The van der Waals surface area contributed by atoms with Crippen LogP contribution < -0.4 is 0 Å². The van der Waals surface area contributed by atoms with Crippen LogP contribution in [0.25, 0.3) is 0 Å². The number of rotatable bonds is 4. The Morgan fingerprint density at radius 3 is 2.36 bits per heavy atom. The fourth-order valence-electron chi connectivity index (χ4n) is 0.940. The van der Waals surface area contributed by atoms with Crippen molar-refractivity contribution in [2.45, 2.75) is 33.3 Å². The highest BCUT2D eigenvalue weighted by molar-refractivity contribution is 4.97. The minimum Gasteiger partial charge on any atom is -0.396 e. The van der Waals surface area contributed by atoms with Gasteiger partial charge in [-0.1, -0.05) is 18.6 Å². The lowest BCUT2D eigenvalue weighted by Crippen LogP contribution is -2.11. The van der Waals surface area contributed by atoms with E-state index in [2.05, 4.69) is 0 Å². The van der Waals surface area contributed by atoms with Crippen molar-refractivity contribution in [2.75, 3.05) is 6.61 Å². The number of aliphatic hydroxyl groups is 2. The molecule has 0 bridgehead atoms. The van der Waals surface area contributed by atoms with Crippen molar-refractivity contribution in [3.8, 4) is 0 Å². The summed E-state index contributed by atoms with van der Waals surface area (Å²) in [6, 6.07) is 0. The molecule has 2 N–H and O–H groups in total. The second-order valence-corrected chi connectivity index (χ2v) is 3.33. The summed E-state index contributed by atoms with van der Waals surface area (Å²) in [6.45, 7) is 5.97. The highest BCUT2D eigenvalue weighted by atomic mass is 16.3. The van der Waals surface area contributed by atoms with Gasteiger partial charge in [0.2, 0.25) is 0 Å². The van der Waals surface area contributed by atoms with Gasteiger partial charge in [0.25, 0.3) is 0 Å². The highest BCUT2D eigenvalue weighted by Crippen LogP contribution is 2.07. The van der Waals surface area contributed by atoms with Crippen molar-refractivity contribution < 1.29 is 10.2 Å². The van der Waals surface area contributed by atoms with Crippen LogP contribution >= 0.6 is 0 Å². The third kappa shape index (κ3) is 6.07. The van der Waals surface area contributed by atoms with Gasteiger partial charge in [0.15, 0.2) is 0 Å². The van der Waals surface area contributed by atoms with E-state index in [1.54, 1.807) is 0 Å². The van der Waals surface area contributed by atoms with Crippen LogP contribution in [0.4, 0.5) is 0 Å². The van der Waals surface area contributed by atoms with Crippen molar-refractivity contribution in [3.63, 3.8) is 0 Å². The summed E-state index contributed by atoms with van der Waals surface area (Å²) in [4.78, 5) is 0. The van der Waals surface area contributed by atoms with Crippen LogP contribution in [0.15, 0.2) is 11.6 Å². The summed E-state index contributed by atoms with van der Waals surface area (Å²) in [5.74, 6) is 0.181. The molecule has 2 unspecified atom stereocenters. The molecule has 0 saturated heterocycles. The molecule has 66 valence electrons. The van der Waals surface area contributed by atoms with Gasteiger partial charge in [-0.25, -0.2) is 0 Å². The van der Waals surface area contributed by atoms with E-state index in [1.165, 1.54) is 0 Å². The normalized spacial score (nSPS) is 15.7. The van der Waals surface area contributed by atoms with E-state index < -0.39 is 6.10 Å². The maximum absolute atomic E-state index is 9.33. The van der Waals surface area contributed by atoms with Crippen molar-refractivity contribution in [2.24, 2.45) is 5.92 Å². The summed E-state index contributed by atoms with van der Waals surface area (Å²) in [7, 11) is 0. The molecule has 0 aliphatic carbocycles. The maximum atomic E-state index is 9.33. The van der Waals surface area contributed by atoms with Gasteiger partial charge in [0.1, 0.15) is 0 Å². The Kier molecular flexibility index (Phi) is 5.16. The predicted molar refractivity (Wildman–Crippen MR) is 46.3 cm³/mol. The zero-order valence-corrected chi connectivity index (χ0v) is 7.54. The summed E-state index contributed by atoms with van der Waals surface area (Å²) < 4.78 is 0. The maximum Gasteiger partial charge on any atom is 0.0726 e. The average molecular weight is 158 g/mol. The molecule has 0 aliphatic rings. The van der Waals surface area contributed by atoms with E-state index in [0.29, 0.717) is 6.42 Å². The Morgan fingerprint density at radius 1 is 1.45 bits per heavy atom. The molecule has 0 saturated carbocycles. The lowest BCUT2D eigenvalue weighted by molar-refractivity contribution is 0.154. The summed E-state index contributed by atoms with van der Waals surface area (Å²) >= 11 is 0. The van der Waals surface area contributed by atoms with E-state index in [1.807, 2.05) is 26.8 Å². The van der Waals surface area contributed by atoms with E-state index >= 15 is 0 Å². The molecule has 0 radical (unpaired) electrons. The molecule has 0 aromatic carbocycles. The molecule has 11 heavy (non-hydrogen) atoms. The molecule has 2 heteroatoms. The fraction of sp³-hybridized carbons (Fsp3) is 0.778. The van der Waals surface area contributed by atoms with E-state index in [0.717, 1.165) is 5.57 Å². The van der Waals surface area contributed by atoms with Crippen molar-refractivity contribution in [1.82, 2.24) is 0 Å². The van der Waals surface area contributed by atoms with Gasteiger partial charge in [-0.15, -0.1) is 0 Å². The Bertz CT molecular complexity index is 126. The highest BCUT2D eigenvalue weighted by Gasteiger charge is 2.05. The smallest absolute Gasteiger partial charge is 0.0726 e. The van der Waals surface area contributed by atoms with E-state index in [9.17, 15) is 5.11 Å². The van der Waals surface area contributed by atoms with Crippen LogP contribution in [0.3, 0.4) is 0 Å². The van der Waals surface area contributed by atoms with Gasteiger partial charge < -0.3 is 10.2 Å². The molecular weight excluding hydrogens is 140 g/mol. The van der Waals surface area contributed by atoms with Crippen LogP contribution in [-0.2, 0) is 0 Å². The number of aliphatic hydroxyl groups excluding tert-OH is 2. The van der Waals surface area contributed by atoms with Gasteiger partial charge in [0.05, 0.1) is 6.10 Å². The summed E-state index contributed by atoms with van der Waals surface area (Å²) in [5.41, 5.74) is 1.11. The first-order valence-corrected chi connectivity index (χ1v) is 4.00. The topological polar surface area (TPSA) is 40.5 Å². The molecule has 2 atom stereocenters. The molecule has 0 aromatic heterocycles. The molecule has 0 rings (SSSR count). The summed E-state index contributed by atoms with van der Waals surface area (Å²) in [5, 5.41) is 18.0. The predicted octanol–water partition coefficient (Wildman–Crippen LogP) is 1.33. The number of hydrogen-bond donors (Lipinski definition) is 2. The van der Waals surface area contributed by atoms with Gasteiger partial charge in [-0.3, -0.25) is 0 Å². The van der Waals surface area contributed by atoms with Crippen LogP contribution in [0.5, 0.6) is 0 Å². The summed E-state index contributed by atoms with van der Waals surface area (Å²) in [6.07, 6.45) is 2.05. The first kappa shape index (κ1) is 10.7. The molecule has 0 fully saturated rings. The van der Waals surface area contributed by atoms with Gasteiger partial charge in [0, 0.05) is 6.61 Å². The van der Waals surface area contributed by atoms with Crippen LogP contribution in [0, 0.1) is 5.92 Å². The van der Waals surface area contributed by atoms with Crippen molar-refractivity contribution >= 4 is 0 Å². The standard InChI is InChI=1S/C9H18O2/c1-7(2)4-9(11)5-8(3)6-10/h4,8-11H,5-6H2,1-3H3. The second kappa shape index (κ2) is 5.33. The van der Waals surface area contributed by atoms with Gasteiger partial charge >= 0.3 is 0 Å². The van der Waals surface area contributed by atoms with E-state index in [-0.39, 0.29) is 12.5 Å². The first-order chi connectivity index (χ1) is 5.06. The van der Waals surface area contributed by atoms with E-state index in [4.69, 9.17) is 5.11 Å². The minimum atomic E-state index is -0.401.